The van der Waals surface area contributed by atoms with Gasteiger partial charge in [-0.3, -0.25) is 9.59 Å². The Bertz CT molecular complexity index is 333. The highest BCUT2D eigenvalue weighted by atomic mass is 16.2. The van der Waals surface area contributed by atoms with Crippen LogP contribution in [0.4, 0.5) is 0 Å². The van der Waals surface area contributed by atoms with Crippen LogP contribution in [0.5, 0.6) is 0 Å². The smallest absolute Gasteiger partial charge is 0.245 e. The maximum atomic E-state index is 12.6. The molecule has 19 heavy (non-hydrogen) atoms. The molecule has 4 nitrogen and oxygen atoms in total. The van der Waals surface area contributed by atoms with Crippen molar-refractivity contribution in [1.82, 2.24) is 9.80 Å². The zero-order chi connectivity index (χ0) is 13.8. The highest BCUT2D eigenvalue weighted by Crippen LogP contribution is 2.23. The van der Waals surface area contributed by atoms with Crippen LogP contribution in [0, 0.1) is 5.92 Å². The van der Waals surface area contributed by atoms with Crippen LogP contribution >= 0.6 is 0 Å². The maximum absolute atomic E-state index is 12.6. The Kier molecular flexibility index (Phi) is 4.83. The van der Waals surface area contributed by atoms with Gasteiger partial charge >= 0.3 is 0 Å². The molecule has 2 saturated heterocycles. The lowest BCUT2D eigenvalue weighted by Crippen LogP contribution is -2.49. The van der Waals surface area contributed by atoms with Gasteiger partial charge in [-0.2, -0.15) is 0 Å². The van der Waals surface area contributed by atoms with Crippen molar-refractivity contribution in [2.45, 2.75) is 58.4 Å². The lowest BCUT2D eigenvalue weighted by atomic mass is 10.1. The summed E-state index contributed by atoms with van der Waals surface area (Å²) < 4.78 is 0. The van der Waals surface area contributed by atoms with Gasteiger partial charge in [0.1, 0.15) is 6.04 Å². The van der Waals surface area contributed by atoms with Crippen molar-refractivity contribution >= 4 is 11.8 Å². The molecule has 2 heterocycles. The van der Waals surface area contributed by atoms with Crippen molar-refractivity contribution in [1.29, 1.82) is 0 Å². The van der Waals surface area contributed by atoms with E-state index < -0.39 is 0 Å². The van der Waals surface area contributed by atoms with Crippen LogP contribution in [0.2, 0.25) is 0 Å². The second-order valence-electron chi connectivity index (χ2n) is 6.08. The predicted molar refractivity (Wildman–Crippen MR) is 74.6 cm³/mol. The molecule has 0 bridgehead atoms. The van der Waals surface area contributed by atoms with Crippen molar-refractivity contribution in [2.24, 2.45) is 5.92 Å². The first kappa shape index (κ1) is 14.4. The summed E-state index contributed by atoms with van der Waals surface area (Å²) >= 11 is 0. The van der Waals surface area contributed by atoms with Crippen LogP contribution in [0.15, 0.2) is 0 Å². The standard InChI is InChI=1S/C15H26N2O2/c1-12(2)14(18)17-11-7-8-13(17)15(19)16-9-5-3-4-6-10-16/h12-13H,3-11H2,1-2H3. The molecule has 0 N–H and O–H groups in total. The van der Waals surface area contributed by atoms with E-state index in [2.05, 4.69) is 0 Å². The highest BCUT2D eigenvalue weighted by Gasteiger charge is 2.37. The molecule has 1 unspecified atom stereocenters. The van der Waals surface area contributed by atoms with Crippen molar-refractivity contribution in [3.8, 4) is 0 Å². The van der Waals surface area contributed by atoms with Crippen LogP contribution < -0.4 is 0 Å². The molecule has 2 amide bonds. The number of likely N-dealkylation sites (tertiary alicyclic amines) is 2. The molecule has 2 aliphatic heterocycles. The van der Waals surface area contributed by atoms with Crippen molar-refractivity contribution < 1.29 is 9.59 Å². The first-order valence-electron chi connectivity index (χ1n) is 7.70. The average Bonchev–Trinajstić information content (AvgIpc) is 2.71. The minimum Gasteiger partial charge on any atom is -0.341 e. The molecule has 108 valence electrons. The highest BCUT2D eigenvalue weighted by molar-refractivity contribution is 5.89. The number of carbonyl (C=O) groups is 2. The Morgan fingerprint density at radius 1 is 0.947 bits per heavy atom. The summed E-state index contributed by atoms with van der Waals surface area (Å²) in [5.41, 5.74) is 0. The van der Waals surface area contributed by atoms with Gasteiger partial charge in [-0.15, -0.1) is 0 Å². The molecule has 0 aromatic heterocycles. The third-order valence-corrected chi connectivity index (χ3v) is 4.23. The summed E-state index contributed by atoms with van der Waals surface area (Å²) in [6.07, 6.45) is 6.47. The van der Waals surface area contributed by atoms with Crippen LogP contribution in [0.25, 0.3) is 0 Å². The first-order valence-corrected chi connectivity index (χ1v) is 7.70. The van der Waals surface area contributed by atoms with E-state index in [4.69, 9.17) is 0 Å². The number of hydrogen-bond donors (Lipinski definition) is 0. The summed E-state index contributed by atoms with van der Waals surface area (Å²) in [4.78, 5) is 28.6. The zero-order valence-corrected chi connectivity index (χ0v) is 12.2. The predicted octanol–water partition coefficient (Wildman–Crippen LogP) is 2.04. The SMILES string of the molecule is CC(C)C(=O)N1CCCC1C(=O)N1CCCCCC1. The van der Waals surface area contributed by atoms with Gasteiger partial charge in [0, 0.05) is 25.6 Å². The lowest BCUT2D eigenvalue weighted by Gasteiger charge is -2.30. The van der Waals surface area contributed by atoms with E-state index >= 15 is 0 Å². The molecule has 0 aliphatic carbocycles. The molecule has 0 saturated carbocycles. The van der Waals surface area contributed by atoms with Crippen LogP contribution in [-0.2, 0) is 9.59 Å². The number of amides is 2. The van der Waals surface area contributed by atoms with Gasteiger partial charge in [0.05, 0.1) is 0 Å². The molecule has 2 fully saturated rings. The Balaban J connectivity index is 2.02. The minimum absolute atomic E-state index is 0.0162. The molecule has 0 aromatic carbocycles. The third-order valence-electron chi connectivity index (χ3n) is 4.23. The van der Waals surface area contributed by atoms with E-state index in [1.54, 1.807) is 0 Å². The van der Waals surface area contributed by atoms with Gasteiger partial charge in [-0.1, -0.05) is 26.7 Å². The Hall–Kier alpha value is -1.06. The quantitative estimate of drug-likeness (QED) is 0.767. The normalized spacial score (nSPS) is 24.7. The fourth-order valence-corrected chi connectivity index (χ4v) is 3.12. The van der Waals surface area contributed by atoms with E-state index in [1.165, 1.54) is 12.8 Å². The second-order valence-corrected chi connectivity index (χ2v) is 6.08. The van der Waals surface area contributed by atoms with Gasteiger partial charge in [-0.25, -0.2) is 0 Å². The third kappa shape index (κ3) is 3.28. The topological polar surface area (TPSA) is 40.6 Å². The number of hydrogen-bond acceptors (Lipinski definition) is 2. The van der Waals surface area contributed by atoms with Crippen LogP contribution in [0.3, 0.4) is 0 Å². The van der Waals surface area contributed by atoms with E-state index in [0.717, 1.165) is 45.3 Å². The fourth-order valence-electron chi connectivity index (χ4n) is 3.12. The lowest BCUT2D eigenvalue weighted by molar-refractivity contribution is -0.145. The summed E-state index contributed by atoms with van der Waals surface area (Å²) in [5.74, 6) is 0.302. The van der Waals surface area contributed by atoms with E-state index in [-0.39, 0.29) is 23.8 Å². The van der Waals surface area contributed by atoms with Gasteiger partial charge < -0.3 is 9.80 Å². The van der Waals surface area contributed by atoms with E-state index in [1.807, 2.05) is 23.6 Å². The summed E-state index contributed by atoms with van der Waals surface area (Å²) in [7, 11) is 0. The summed E-state index contributed by atoms with van der Waals surface area (Å²) in [6.45, 7) is 6.32. The molecule has 1 atom stereocenters. The van der Waals surface area contributed by atoms with Gasteiger partial charge in [-0.05, 0) is 25.7 Å². The van der Waals surface area contributed by atoms with Gasteiger partial charge in [0.2, 0.25) is 11.8 Å². The Labute approximate surface area is 116 Å². The summed E-state index contributed by atoms with van der Waals surface area (Å²) in [5, 5.41) is 0. The van der Waals surface area contributed by atoms with Crippen molar-refractivity contribution in [3.05, 3.63) is 0 Å². The Morgan fingerprint density at radius 3 is 2.16 bits per heavy atom. The maximum Gasteiger partial charge on any atom is 0.245 e. The van der Waals surface area contributed by atoms with Crippen molar-refractivity contribution in [3.63, 3.8) is 0 Å². The monoisotopic (exact) mass is 266 g/mol. The van der Waals surface area contributed by atoms with E-state index in [0.29, 0.717) is 0 Å². The van der Waals surface area contributed by atoms with Gasteiger partial charge in [0.15, 0.2) is 0 Å². The Morgan fingerprint density at radius 2 is 1.58 bits per heavy atom. The molecule has 0 spiro atoms. The average molecular weight is 266 g/mol. The molecular weight excluding hydrogens is 240 g/mol. The fraction of sp³-hybridized carbons (Fsp3) is 0.867. The zero-order valence-electron chi connectivity index (χ0n) is 12.2. The van der Waals surface area contributed by atoms with Crippen molar-refractivity contribution in [2.75, 3.05) is 19.6 Å². The number of carbonyl (C=O) groups excluding carboxylic acids is 2. The number of nitrogens with zero attached hydrogens (tertiary/aromatic N) is 2. The number of rotatable bonds is 2. The molecule has 0 radical (unpaired) electrons. The van der Waals surface area contributed by atoms with Crippen LogP contribution in [0.1, 0.15) is 52.4 Å². The molecular formula is C15H26N2O2. The van der Waals surface area contributed by atoms with E-state index in [9.17, 15) is 9.59 Å². The summed E-state index contributed by atoms with van der Waals surface area (Å²) in [6, 6.07) is -0.187. The molecule has 0 aromatic rings. The molecule has 4 heteroatoms. The minimum atomic E-state index is -0.187. The first-order chi connectivity index (χ1) is 9.11. The molecule has 2 aliphatic rings. The second kappa shape index (κ2) is 6.40. The largest absolute Gasteiger partial charge is 0.341 e. The molecule has 2 rings (SSSR count). The van der Waals surface area contributed by atoms with Crippen LogP contribution in [-0.4, -0.2) is 47.3 Å². The van der Waals surface area contributed by atoms with Gasteiger partial charge in [0.25, 0.3) is 0 Å².